The molecule has 0 aromatic carbocycles. The lowest BCUT2D eigenvalue weighted by molar-refractivity contribution is -0.161. The van der Waals surface area contributed by atoms with Gasteiger partial charge in [0.2, 0.25) is 0 Å². The number of hydrogen-bond acceptors (Lipinski definition) is 15. The molecule has 0 rings (SSSR count). The van der Waals surface area contributed by atoms with E-state index >= 15 is 0 Å². The highest BCUT2D eigenvalue weighted by atomic mass is 31.2. The zero-order chi connectivity index (χ0) is 70.0. The minimum atomic E-state index is -4.96. The number of carbonyl (C=O) groups excluding carboxylic acids is 4. The third-order valence-corrected chi connectivity index (χ3v) is 20.0. The van der Waals surface area contributed by atoms with Gasteiger partial charge in [0, 0.05) is 25.7 Å². The van der Waals surface area contributed by atoms with Gasteiger partial charge in [-0.1, -0.05) is 343 Å². The van der Waals surface area contributed by atoms with Gasteiger partial charge in [0.1, 0.15) is 19.3 Å². The van der Waals surface area contributed by atoms with Crippen molar-refractivity contribution in [3.63, 3.8) is 0 Å². The maximum Gasteiger partial charge on any atom is 0.472 e. The van der Waals surface area contributed by atoms with Crippen molar-refractivity contribution in [1.29, 1.82) is 0 Å². The fourth-order valence-corrected chi connectivity index (χ4v) is 13.2. The van der Waals surface area contributed by atoms with Gasteiger partial charge in [-0.15, -0.1) is 0 Å². The Balaban J connectivity index is 5.16. The summed E-state index contributed by atoms with van der Waals surface area (Å²) in [5.74, 6) is -0.511. The molecule has 0 saturated carbocycles. The highest BCUT2D eigenvalue weighted by Gasteiger charge is 2.30. The van der Waals surface area contributed by atoms with Gasteiger partial charge in [0.25, 0.3) is 0 Å². The van der Waals surface area contributed by atoms with Crippen LogP contribution in [0.4, 0.5) is 0 Å². The molecule has 0 bridgehead atoms. The van der Waals surface area contributed by atoms with Crippen LogP contribution >= 0.6 is 15.6 Å². The Bertz CT molecular complexity index is 1840. The number of aliphatic hydroxyl groups excluding tert-OH is 1. The highest BCUT2D eigenvalue weighted by Crippen LogP contribution is 2.45. The summed E-state index contributed by atoms with van der Waals surface area (Å²) in [7, 11) is -9.91. The number of unbranched alkanes of at least 4 members (excludes halogenated alkanes) is 44. The van der Waals surface area contributed by atoms with Crippen molar-refractivity contribution in [3.05, 3.63) is 0 Å². The van der Waals surface area contributed by atoms with Crippen molar-refractivity contribution in [2.24, 2.45) is 11.8 Å². The first-order chi connectivity index (χ1) is 45.9. The second kappa shape index (κ2) is 67.9. The summed E-state index contributed by atoms with van der Waals surface area (Å²) in [6.45, 7) is 9.61. The molecule has 0 radical (unpaired) electrons. The number of esters is 4. The number of ether oxygens (including phenoxy) is 4. The predicted octanol–water partition coefficient (Wildman–Crippen LogP) is 22.3. The second-order valence-electron chi connectivity index (χ2n) is 28.1. The van der Waals surface area contributed by atoms with Gasteiger partial charge in [-0.2, -0.15) is 0 Å². The highest BCUT2D eigenvalue weighted by molar-refractivity contribution is 7.47. The van der Waals surface area contributed by atoms with Gasteiger partial charge in [0.15, 0.2) is 12.2 Å². The van der Waals surface area contributed by atoms with E-state index in [-0.39, 0.29) is 25.7 Å². The molecule has 0 spiro atoms. The lowest BCUT2D eigenvalue weighted by Gasteiger charge is -2.21. The second-order valence-corrected chi connectivity index (χ2v) is 31.0. The Kier molecular flexibility index (Phi) is 66.5. The van der Waals surface area contributed by atoms with Gasteiger partial charge in [0.05, 0.1) is 26.4 Å². The van der Waals surface area contributed by atoms with E-state index in [1.165, 1.54) is 205 Å². The molecule has 19 heteroatoms. The van der Waals surface area contributed by atoms with Crippen LogP contribution in [-0.2, 0) is 65.4 Å². The third-order valence-electron chi connectivity index (χ3n) is 18.1. The minimum Gasteiger partial charge on any atom is -0.462 e. The molecule has 0 fully saturated rings. The summed E-state index contributed by atoms with van der Waals surface area (Å²) in [5.41, 5.74) is 0. The van der Waals surface area contributed by atoms with Crippen LogP contribution in [-0.4, -0.2) is 96.7 Å². The zero-order valence-corrected chi connectivity index (χ0v) is 63.8. The van der Waals surface area contributed by atoms with Crippen molar-refractivity contribution >= 4 is 39.5 Å². The zero-order valence-electron chi connectivity index (χ0n) is 62.0. The summed E-state index contributed by atoms with van der Waals surface area (Å²) in [6, 6.07) is 0. The molecule has 3 unspecified atom stereocenters. The van der Waals surface area contributed by atoms with E-state index < -0.39 is 97.5 Å². The fraction of sp³-hybridized carbons (Fsp3) is 0.947. The van der Waals surface area contributed by atoms with E-state index in [1.54, 1.807) is 0 Å². The van der Waals surface area contributed by atoms with Gasteiger partial charge >= 0.3 is 39.5 Å². The van der Waals surface area contributed by atoms with Crippen molar-refractivity contribution in [1.82, 2.24) is 0 Å². The van der Waals surface area contributed by atoms with Crippen molar-refractivity contribution < 1.29 is 80.2 Å². The lowest BCUT2D eigenvalue weighted by Crippen LogP contribution is -2.30. The van der Waals surface area contributed by atoms with Gasteiger partial charge < -0.3 is 33.8 Å². The minimum absolute atomic E-state index is 0.105. The first-order valence-electron chi connectivity index (χ1n) is 39.5. The van der Waals surface area contributed by atoms with Crippen molar-refractivity contribution in [3.8, 4) is 0 Å². The number of carbonyl (C=O) groups is 4. The summed E-state index contributed by atoms with van der Waals surface area (Å²) < 4.78 is 68.4. The predicted molar refractivity (Wildman–Crippen MR) is 386 cm³/mol. The topological polar surface area (TPSA) is 237 Å². The molecule has 0 aromatic rings. The largest absolute Gasteiger partial charge is 0.472 e. The molecule has 3 N–H and O–H groups in total. The van der Waals surface area contributed by atoms with E-state index in [1.807, 2.05) is 0 Å². The van der Waals surface area contributed by atoms with E-state index in [9.17, 15) is 43.2 Å². The van der Waals surface area contributed by atoms with Crippen LogP contribution in [0.2, 0.25) is 0 Å². The summed E-state index contributed by atoms with van der Waals surface area (Å²) in [5, 5.41) is 10.6. The van der Waals surface area contributed by atoms with Crippen LogP contribution in [0.5, 0.6) is 0 Å². The normalized spacial score (nSPS) is 14.3. The number of hydrogen-bond donors (Lipinski definition) is 3. The molecule has 0 aromatic heterocycles. The van der Waals surface area contributed by atoms with Crippen molar-refractivity contribution in [2.45, 2.75) is 413 Å². The lowest BCUT2D eigenvalue weighted by atomic mass is 9.99. The number of phosphoric acid groups is 2. The Morgan fingerprint density at radius 2 is 0.537 bits per heavy atom. The molecule has 17 nitrogen and oxygen atoms in total. The van der Waals surface area contributed by atoms with E-state index in [0.717, 1.165) is 108 Å². The van der Waals surface area contributed by atoms with E-state index in [4.69, 9.17) is 37.0 Å². The Morgan fingerprint density at radius 1 is 0.305 bits per heavy atom. The molecule has 564 valence electrons. The van der Waals surface area contributed by atoms with Crippen LogP contribution in [0.3, 0.4) is 0 Å². The average Bonchev–Trinajstić information content (AvgIpc) is 1.50. The first kappa shape index (κ1) is 93.1. The maximum atomic E-state index is 13.1. The molecule has 0 amide bonds. The molecule has 0 saturated heterocycles. The van der Waals surface area contributed by atoms with Crippen LogP contribution in [0, 0.1) is 11.8 Å². The molecule has 0 aliphatic heterocycles. The molecule has 6 atom stereocenters. The molecule has 0 aliphatic rings. The van der Waals surface area contributed by atoms with Crippen LogP contribution in [0.25, 0.3) is 0 Å². The maximum absolute atomic E-state index is 13.1. The molecular weight excluding hydrogens is 1250 g/mol. The van der Waals surface area contributed by atoms with Gasteiger partial charge in [-0.3, -0.25) is 37.3 Å². The standard InChI is InChI=1S/C76H148O17P2/c1-7-10-12-14-16-18-19-26-30-35-41-47-53-59-74(79)87-65-72(92-75(80)60-54-48-42-36-31-28-25-23-21-20-22-24-27-29-34-39-45-51-57-69(6)9-3)67-91-95(84,85)89-63-70(77)62-88-94(82,83)90-66-71(64-86-73(78)58-52-46-40-17-15-13-11-8-2)93-76(81)61-55-49-43-37-32-33-38-44-50-56-68(4)5/h68-72,77H,7-67H2,1-6H3,(H,82,83)(H,84,85)/t69?,70-,71+,72+/m0/s1. The molecular formula is C76H148O17P2. The Morgan fingerprint density at radius 3 is 0.800 bits per heavy atom. The smallest absolute Gasteiger partial charge is 0.462 e. The van der Waals surface area contributed by atoms with Gasteiger partial charge in [-0.25, -0.2) is 9.13 Å². The SMILES string of the molecule is CCCCCCCCCCCCCCCC(=O)OC[C@H](COP(=O)(O)OC[C@@H](O)COP(=O)(O)OC[C@@H](COC(=O)CCCCCCCCCC)OC(=O)CCCCCCCCCCCC(C)C)OC(=O)CCCCCCCCCCCCCCCCCCCCC(C)CC. The number of rotatable bonds is 75. The van der Waals surface area contributed by atoms with E-state index in [2.05, 4.69) is 41.5 Å². The van der Waals surface area contributed by atoms with Crippen LogP contribution in [0.15, 0.2) is 0 Å². The van der Waals surface area contributed by atoms with Gasteiger partial charge in [-0.05, 0) is 37.5 Å². The third kappa shape index (κ3) is 69.0. The Labute approximate surface area is 581 Å². The van der Waals surface area contributed by atoms with Crippen LogP contribution < -0.4 is 0 Å². The summed E-state index contributed by atoms with van der Waals surface area (Å²) in [6.07, 6.45) is 55.6. The molecule has 0 heterocycles. The van der Waals surface area contributed by atoms with Crippen LogP contribution in [0.1, 0.15) is 395 Å². The number of aliphatic hydroxyl groups is 1. The quantitative estimate of drug-likeness (QED) is 0.0222. The van der Waals surface area contributed by atoms with Crippen molar-refractivity contribution in [2.75, 3.05) is 39.6 Å². The fourth-order valence-electron chi connectivity index (χ4n) is 11.6. The molecule has 95 heavy (non-hydrogen) atoms. The van der Waals surface area contributed by atoms with E-state index in [0.29, 0.717) is 25.7 Å². The number of phosphoric ester groups is 2. The Hall–Kier alpha value is -1.94. The monoisotopic (exact) mass is 1400 g/mol. The summed E-state index contributed by atoms with van der Waals surface area (Å²) in [4.78, 5) is 72.7. The average molecular weight is 1400 g/mol. The summed E-state index contributed by atoms with van der Waals surface area (Å²) >= 11 is 0. The first-order valence-corrected chi connectivity index (χ1v) is 42.5. The molecule has 0 aliphatic carbocycles.